The minimum atomic E-state index is -0.769. The summed E-state index contributed by atoms with van der Waals surface area (Å²) in [5.41, 5.74) is 4.91. The Labute approximate surface area is 84.0 Å². The van der Waals surface area contributed by atoms with Gasteiger partial charge in [0.15, 0.2) is 0 Å². The van der Waals surface area contributed by atoms with Gasteiger partial charge in [-0.2, -0.15) is 0 Å². The molecule has 0 saturated carbocycles. The number of hydrogen-bond acceptors (Lipinski definition) is 4. The van der Waals surface area contributed by atoms with Crippen molar-refractivity contribution in [2.75, 3.05) is 20.2 Å². The molecule has 1 rings (SSSR count). The van der Waals surface area contributed by atoms with Gasteiger partial charge >= 0.3 is 5.97 Å². The van der Waals surface area contributed by atoms with Crippen LogP contribution in [0.15, 0.2) is 0 Å². The lowest BCUT2D eigenvalue weighted by molar-refractivity contribution is -0.146. The molecular formula is C6H14Cl2N2O2. The predicted molar refractivity (Wildman–Crippen MR) is 50.9 cm³/mol. The molecule has 1 saturated heterocycles. The minimum Gasteiger partial charge on any atom is -0.468 e. The van der Waals surface area contributed by atoms with Gasteiger partial charge in [-0.1, -0.05) is 0 Å². The first kappa shape index (κ1) is 14.5. The lowest BCUT2D eigenvalue weighted by Gasteiger charge is -2.18. The number of ether oxygens (including phenoxy) is 1. The highest BCUT2D eigenvalue weighted by atomic mass is 35.5. The number of nitrogens with one attached hydrogen (secondary N) is 1. The van der Waals surface area contributed by atoms with Crippen LogP contribution in [0.25, 0.3) is 0 Å². The molecule has 0 aromatic heterocycles. The highest BCUT2D eigenvalue weighted by Crippen LogP contribution is 2.11. The van der Waals surface area contributed by atoms with Gasteiger partial charge in [-0.05, 0) is 13.0 Å². The van der Waals surface area contributed by atoms with Crippen molar-refractivity contribution < 1.29 is 9.53 Å². The molecule has 12 heavy (non-hydrogen) atoms. The first-order valence-corrected chi connectivity index (χ1v) is 3.27. The van der Waals surface area contributed by atoms with Crippen LogP contribution in [-0.4, -0.2) is 31.7 Å². The van der Waals surface area contributed by atoms with Crippen molar-refractivity contribution in [2.45, 2.75) is 12.0 Å². The van der Waals surface area contributed by atoms with E-state index in [0.29, 0.717) is 13.0 Å². The van der Waals surface area contributed by atoms with Crippen LogP contribution in [0.3, 0.4) is 0 Å². The maximum absolute atomic E-state index is 10.9. The quantitative estimate of drug-likeness (QED) is 0.591. The van der Waals surface area contributed by atoms with E-state index in [2.05, 4.69) is 10.1 Å². The Morgan fingerprint density at radius 2 is 2.17 bits per heavy atom. The monoisotopic (exact) mass is 216 g/mol. The van der Waals surface area contributed by atoms with Crippen molar-refractivity contribution in [3.8, 4) is 0 Å². The Morgan fingerprint density at radius 3 is 2.50 bits per heavy atom. The topological polar surface area (TPSA) is 64.3 Å². The van der Waals surface area contributed by atoms with Crippen LogP contribution >= 0.6 is 24.8 Å². The largest absolute Gasteiger partial charge is 0.468 e. The Kier molecular flexibility index (Phi) is 6.75. The van der Waals surface area contributed by atoms with E-state index in [1.807, 2.05) is 0 Å². The second kappa shape index (κ2) is 5.59. The summed E-state index contributed by atoms with van der Waals surface area (Å²) in [6.45, 7) is 1.32. The Hall–Kier alpha value is -0.0300. The molecule has 4 nitrogen and oxygen atoms in total. The molecule has 0 unspecified atom stereocenters. The fraction of sp³-hybridized carbons (Fsp3) is 0.833. The number of hydrogen-bond donors (Lipinski definition) is 2. The molecule has 3 N–H and O–H groups in total. The van der Waals surface area contributed by atoms with Gasteiger partial charge in [0.05, 0.1) is 7.11 Å². The van der Waals surface area contributed by atoms with Crippen LogP contribution in [0, 0.1) is 0 Å². The third kappa shape index (κ3) is 2.79. The molecule has 0 aliphatic carbocycles. The van der Waals surface area contributed by atoms with E-state index in [-0.39, 0.29) is 30.8 Å². The number of rotatable bonds is 1. The van der Waals surface area contributed by atoms with Crippen molar-refractivity contribution >= 4 is 30.8 Å². The molecule has 0 radical (unpaired) electrons. The zero-order valence-corrected chi connectivity index (χ0v) is 8.46. The Balaban J connectivity index is 0. The Morgan fingerprint density at radius 1 is 1.58 bits per heavy atom. The summed E-state index contributed by atoms with van der Waals surface area (Å²) in [5.74, 6) is -0.322. The van der Waals surface area contributed by atoms with Crippen LogP contribution in [0.4, 0.5) is 0 Å². The molecule has 6 heteroatoms. The zero-order chi connectivity index (χ0) is 7.61. The van der Waals surface area contributed by atoms with Crippen molar-refractivity contribution in [3.05, 3.63) is 0 Å². The predicted octanol–water partition coefficient (Wildman–Crippen LogP) is -0.306. The molecule has 0 bridgehead atoms. The molecule has 1 fully saturated rings. The van der Waals surface area contributed by atoms with E-state index in [1.165, 1.54) is 7.11 Å². The van der Waals surface area contributed by atoms with Gasteiger partial charge in [-0.3, -0.25) is 4.79 Å². The van der Waals surface area contributed by atoms with Gasteiger partial charge in [-0.25, -0.2) is 0 Å². The van der Waals surface area contributed by atoms with Crippen molar-refractivity contribution in [2.24, 2.45) is 5.73 Å². The van der Waals surface area contributed by atoms with Gasteiger partial charge in [0.2, 0.25) is 0 Å². The lowest BCUT2D eigenvalue weighted by Crippen LogP contribution is -2.50. The van der Waals surface area contributed by atoms with E-state index < -0.39 is 5.54 Å². The van der Waals surface area contributed by atoms with Crippen LogP contribution in [0.1, 0.15) is 6.42 Å². The molecule has 1 heterocycles. The van der Waals surface area contributed by atoms with E-state index in [0.717, 1.165) is 6.54 Å². The lowest BCUT2D eigenvalue weighted by atomic mass is 10.0. The molecule has 74 valence electrons. The number of carbonyl (C=O) groups excluding carboxylic acids is 1. The molecule has 0 amide bonds. The average molecular weight is 217 g/mol. The maximum Gasteiger partial charge on any atom is 0.327 e. The van der Waals surface area contributed by atoms with Crippen LogP contribution < -0.4 is 11.1 Å². The highest BCUT2D eigenvalue weighted by molar-refractivity contribution is 5.85. The van der Waals surface area contributed by atoms with Gasteiger partial charge in [0, 0.05) is 6.54 Å². The van der Waals surface area contributed by atoms with Crippen molar-refractivity contribution in [3.63, 3.8) is 0 Å². The number of halogens is 2. The van der Waals surface area contributed by atoms with Gasteiger partial charge in [0.25, 0.3) is 0 Å². The minimum absolute atomic E-state index is 0. The van der Waals surface area contributed by atoms with E-state index in [1.54, 1.807) is 0 Å². The van der Waals surface area contributed by atoms with E-state index in [4.69, 9.17) is 5.73 Å². The van der Waals surface area contributed by atoms with Crippen LogP contribution in [-0.2, 0) is 9.53 Å². The summed E-state index contributed by atoms with van der Waals surface area (Å²) in [4.78, 5) is 10.9. The molecule has 1 aliphatic rings. The third-order valence-corrected chi connectivity index (χ3v) is 1.78. The molecule has 0 spiro atoms. The van der Waals surface area contributed by atoms with Crippen molar-refractivity contribution in [1.29, 1.82) is 0 Å². The normalized spacial score (nSPS) is 26.8. The van der Waals surface area contributed by atoms with Gasteiger partial charge in [0.1, 0.15) is 5.54 Å². The SMILES string of the molecule is COC(=O)[C@]1(N)CCNC1.Cl.Cl. The van der Waals surface area contributed by atoms with E-state index >= 15 is 0 Å². The average Bonchev–Trinajstić information content (AvgIpc) is 2.36. The van der Waals surface area contributed by atoms with E-state index in [9.17, 15) is 4.79 Å². The summed E-state index contributed by atoms with van der Waals surface area (Å²) in [5, 5.41) is 3.00. The fourth-order valence-corrected chi connectivity index (χ4v) is 1.09. The third-order valence-electron chi connectivity index (χ3n) is 1.78. The molecule has 1 aliphatic heterocycles. The summed E-state index contributed by atoms with van der Waals surface area (Å²) >= 11 is 0. The van der Waals surface area contributed by atoms with Crippen LogP contribution in [0.2, 0.25) is 0 Å². The summed E-state index contributed by atoms with van der Waals surface area (Å²) in [7, 11) is 1.36. The standard InChI is InChI=1S/C6H12N2O2.2ClH/c1-10-5(9)6(7)2-3-8-4-6;;/h8H,2-4,7H2,1H3;2*1H/t6-;;/m0../s1. The number of nitrogens with two attached hydrogens (primary N) is 1. The smallest absolute Gasteiger partial charge is 0.327 e. The van der Waals surface area contributed by atoms with Gasteiger partial charge in [-0.15, -0.1) is 24.8 Å². The number of methoxy groups -OCH3 is 1. The maximum atomic E-state index is 10.9. The molecule has 0 aromatic carbocycles. The summed E-state index contributed by atoms with van der Waals surface area (Å²) in [6.07, 6.45) is 0.666. The summed E-state index contributed by atoms with van der Waals surface area (Å²) < 4.78 is 4.53. The second-order valence-electron chi connectivity index (χ2n) is 2.57. The number of esters is 1. The first-order valence-electron chi connectivity index (χ1n) is 3.27. The van der Waals surface area contributed by atoms with Gasteiger partial charge < -0.3 is 15.8 Å². The molecule has 0 aromatic rings. The first-order chi connectivity index (χ1) is 4.69. The highest BCUT2D eigenvalue weighted by Gasteiger charge is 2.37. The fourth-order valence-electron chi connectivity index (χ4n) is 1.09. The Bertz CT molecular complexity index is 148. The van der Waals surface area contributed by atoms with Crippen molar-refractivity contribution in [1.82, 2.24) is 5.32 Å². The molecular weight excluding hydrogens is 203 g/mol. The van der Waals surface area contributed by atoms with Crippen LogP contribution in [0.5, 0.6) is 0 Å². The zero-order valence-electron chi connectivity index (χ0n) is 6.83. The second-order valence-corrected chi connectivity index (χ2v) is 2.57. The molecule has 1 atom stereocenters. The summed E-state index contributed by atoms with van der Waals surface area (Å²) in [6, 6.07) is 0. The number of carbonyl (C=O) groups is 1.